The van der Waals surface area contributed by atoms with Gasteiger partial charge < -0.3 is 9.84 Å². The second-order valence-electron chi connectivity index (χ2n) is 3.56. The van der Waals surface area contributed by atoms with E-state index >= 15 is 0 Å². The van der Waals surface area contributed by atoms with Crippen LogP contribution in [0, 0.1) is 12.3 Å². The Labute approximate surface area is 100 Å². The summed E-state index contributed by atoms with van der Waals surface area (Å²) >= 11 is 0. The van der Waals surface area contributed by atoms with Gasteiger partial charge in [0.15, 0.2) is 0 Å². The Morgan fingerprint density at radius 1 is 1.00 bits per heavy atom. The minimum absolute atomic E-state index is 0.654. The van der Waals surface area contributed by atoms with Gasteiger partial charge in [-0.3, -0.25) is 0 Å². The van der Waals surface area contributed by atoms with Gasteiger partial charge in [-0.1, -0.05) is 36.3 Å². The SMILES string of the molecule is C#C[C@@H](O)c1cccc(Oc2ccccc2)c1. The minimum Gasteiger partial charge on any atom is -0.457 e. The van der Waals surface area contributed by atoms with Crippen LogP contribution in [-0.4, -0.2) is 5.11 Å². The van der Waals surface area contributed by atoms with Crippen LogP contribution in [0.5, 0.6) is 11.5 Å². The van der Waals surface area contributed by atoms with Gasteiger partial charge in [0.2, 0.25) is 0 Å². The molecule has 0 fully saturated rings. The molecule has 1 atom stereocenters. The zero-order valence-corrected chi connectivity index (χ0v) is 9.21. The highest BCUT2D eigenvalue weighted by atomic mass is 16.5. The molecule has 2 rings (SSSR count). The smallest absolute Gasteiger partial charge is 0.140 e. The second-order valence-corrected chi connectivity index (χ2v) is 3.56. The van der Waals surface area contributed by atoms with E-state index in [1.807, 2.05) is 36.4 Å². The summed E-state index contributed by atoms with van der Waals surface area (Å²) in [5.41, 5.74) is 0.654. The van der Waals surface area contributed by atoms with E-state index in [9.17, 15) is 5.11 Å². The minimum atomic E-state index is -0.894. The fraction of sp³-hybridized carbons (Fsp3) is 0.0667. The standard InChI is InChI=1S/C15H12O2/c1-2-15(16)12-7-6-10-14(11-12)17-13-8-4-3-5-9-13/h1,3-11,15-16H/t15-/m1/s1. The third-order valence-electron chi connectivity index (χ3n) is 2.31. The van der Waals surface area contributed by atoms with Gasteiger partial charge >= 0.3 is 0 Å². The molecule has 84 valence electrons. The van der Waals surface area contributed by atoms with Crippen LogP contribution >= 0.6 is 0 Å². The molecular weight excluding hydrogens is 212 g/mol. The largest absolute Gasteiger partial charge is 0.457 e. The van der Waals surface area contributed by atoms with E-state index in [1.165, 1.54) is 0 Å². The quantitative estimate of drug-likeness (QED) is 0.811. The Hall–Kier alpha value is -2.24. The first-order valence-electron chi connectivity index (χ1n) is 5.26. The van der Waals surface area contributed by atoms with Crippen molar-refractivity contribution in [3.63, 3.8) is 0 Å². The van der Waals surface area contributed by atoms with Crippen LogP contribution in [0.15, 0.2) is 54.6 Å². The first-order chi connectivity index (χ1) is 8.29. The second kappa shape index (κ2) is 5.20. The van der Waals surface area contributed by atoms with Gasteiger partial charge in [0.1, 0.15) is 17.6 Å². The van der Waals surface area contributed by atoms with Crippen LogP contribution in [0.25, 0.3) is 0 Å². The van der Waals surface area contributed by atoms with Crippen molar-refractivity contribution in [1.82, 2.24) is 0 Å². The van der Waals surface area contributed by atoms with Gasteiger partial charge in [0.25, 0.3) is 0 Å². The summed E-state index contributed by atoms with van der Waals surface area (Å²) in [6.45, 7) is 0. The topological polar surface area (TPSA) is 29.5 Å². The Kier molecular flexibility index (Phi) is 3.44. The molecule has 0 unspecified atom stereocenters. The molecule has 0 heterocycles. The monoisotopic (exact) mass is 224 g/mol. The van der Waals surface area contributed by atoms with Crippen LogP contribution < -0.4 is 4.74 Å². The number of rotatable bonds is 3. The van der Waals surface area contributed by atoms with Crippen LogP contribution in [0.1, 0.15) is 11.7 Å². The Morgan fingerprint density at radius 2 is 1.71 bits per heavy atom. The molecule has 0 aliphatic carbocycles. The molecule has 2 heteroatoms. The molecule has 2 nitrogen and oxygen atoms in total. The Bertz CT molecular complexity index is 526. The number of benzene rings is 2. The van der Waals surface area contributed by atoms with Crippen molar-refractivity contribution in [2.75, 3.05) is 0 Å². The molecule has 0 amide bonds. The van der Waals surface area contributed by atoms with Crippen molar-refractivity contribution in [2.24, 2.45) is 0 Å². The summed E-state index contributed by atoms with van der Waals surface area (Å²) in [6, 6.07) is 16.6. The number of aliphatic hydroxyl groups excluding tert-OH is 1. The molecule has 0 aliphatic heterocycles. The highest BCUT2D eigenvalue weighted by Gasteiger charge is 2.04. The molecule has 0 aromatic heterocycles. The first-order valence-corrected chi connectivity index (χ1v) is 5.26. The highest BCUT2D eigenvalue weighted by Crippen LogP contribution is 2.24. The maximum Gasteiger partial charge on any atom is 0.140 e. The van der Waals surface area contributed by atoms with Gasteiger partial charge in [0.05, 0.1) is 0 Å². The third-order valence-corrected chi connectivity index (χ3v) is 2.31. The van der Waals surface area contributed by atoms with E-state index in [2.05, 4.69) is 5.92 Å². The van der Waals surface area contributed by atoms with E-state index in [0.29, 0.717) is 11.3 Å². The van der Waals surface area contributed by atoms with Crippen LogP contribution in [0.4, 0.5) is 0 Å². The summed E-state index contributed by atoms with van der Waals surface area (Å²) in [6.07, 6.45) is 4.27. The maximum atomic E-state index is 9.53. The number of aliphatic hydroxyl groups is 1. The Morgan fingerprint density at radius 3 is 2.41 bits per heavy atom. The number of hydrogen-bond acceptors (Lipinski definition) is 2. The molecule has 0 saturated heterocycles. The maximum absolute atomic E-state index is 9.53. The summed E-state index contributed by atoms with van der Waals surface area (Å²) in [5, 5.41) is 9.53. The summed E-state index contributed by atoms with van der Waals surface area (Å²) in [4.78, 5) is 0. The third kappa shape index (κ3) is 2.87. The predicted octanol–water partition coefficient (Wildman–Crippen LogP) is 3.15. The number of terminal acetylenes is 1. The molecule has 17 heavy (non-hydrogen) atoms. The number of para-hydroxylation sites is 1. The average molecular weight is 224 g/mol. The summed E-state index contributed by atoms with van der Waals surface area (Å²) in [7, 11) is 0. The van der Waals surface area contributed by atoms with Gasteiger partial charge in [-0.05, 0) is 29.8 Å². The molecule has 2 aromatic carbocycles. The zero-order valence-electron chi connectivity index (χ0n) is 9.21. The van der Waals surface area contributed by atoms with Crippen molar-refractivity contribution in [2.45, 2.75) is 6.10 Å². The van der Waals surface area contributed by atoms with E-state index in [-0.39, 0.29) is 0 Å². The van der Waals surface area contributed by atoms with E-state index in [1.54, 1.807) is 18.2 Å². The van der Waals surface area contributed by atoms with Crippen molar-refractivity contribution < 1.29 is 9.84 Å². The van der Waals surface area contributed by atoms with E-state index in [4.69, 9.17) is 11.2 Å². The normalized spacial score (nSPS) is 11.5. The lowest BCUT2D eigenvalue weighted by atomic mass is 10.1. The predicted molar refractivity (Wildman–Crippen MR) is 66.8 cm³/mol. The van der Waals surface area contributed by atoms with Crippen molar-refractivity contribution in [3.8, 4) is 23.8 Å². The van der Waals surface area contributed by atoms with E-state index in [0.717, 1.165) is 5.75 Å². The molecule has 0 aliphatic rings. The molecule has 1 N–H and O–H groups in total. The van der Waals surface area contributed by atoms with Crippen molar-refractivity contribution >= 4 is 0 Å². The molecule has 0 radical (unpaired) electrons. The van der Waals surface area contributed by atoms with Crippen molar-refractivity contribution in [3.05, 3.63) is 60.2 Å². The molecule has 0 bridgehead atoms. The lowest BCUT2D eigenvalue weighted by Crippen LogP contribution is -1.93. The van der Waals surface area contributed by atoms with E-state index < -0.39 is 6.10 Å². The molecular formula is C15H12O2. The van der Waals surface area contributed by atoms with Gasteiger partial charge in [-0.15, -0.1) is 6.42 Å². The van der Waals surface area contributed by atoms with Crippen LogP contribution in [-0.2, 0) is 0 Å². The number of hydrogen-bond donors (Lipinski definition) is 1. The summed E-state index contributed by atoms with van der Waals surface area (Å²) in [5.74, 6) is 3.68. The van der Waals surface area contributed by atoms with Crippen LogP contribution in [0.2, 0.25) is 0 Å². The summed E-state index contributed by atoms with van der Waals surface area (Å²) < 4.78 is 5.63. The fourth-order valence-electron chi connectivity index (χ4n) is 1.47. The lowest BCUT2D eigenvalue weighted by Gasteiger charge is -2.08. The van der Waals surface area contributed by atoms with Gasteiger partial charge in [0, 0.05) is 0 Å². The molecule has 0 spiro atoms. The van der Waals surface area contributed by atoms with Gasteiger partial charge in [-0.2, -0.15) is 0 Å². The number of ether oxygens (including phenoxy) is 1. The molecule has 2 aromatic rings. The zero-order chi connectivity index (χ0) is 12.1. The Balaban J connectivity index is 2.20. The average Bonchev–Trinajstić information content (AvgIpc) is 2.39. The molecule has 0 saturated carbocycles. The van der Waals surface area contributed by atoms with Crippen molar-refractivity contribution in [1.29, 1.82) is 0 Å². The highest BCUT2D eigenvalue weighted by molar-refractivity contribution is 5.36. The lowest BCUT2D eigenvalue weighted by molar-refractivity contribution is 0.238. The van der Waals surface area contributed by atoms with Crippen LogP contribution in [0.3, 0.4) is 0 Å². The fourth-order valence-corrected chi connectivity index (χ4v) is 1.47. The van der Waals surface area contributed by atoms with Gasteiger partial charge in [-0.25, -0.2) is 0 Å². The first kappa shape index (κ1) is 11.3.